The topological polar surface area (TPSA) is 97.2 Å². The van der Waals surface area contributed by atoms with E-state index >= 15 is 0 Å². The predicted molar refractivity (Wildman–Crippen MR) is 105 cm³/mol. The van der Waals surface area contributed by atoms with E-state index in [0.717, 1.165) is 38.1 Å². The second-order valence-electron chi connectivity index (χ2n) is 6.89. The fourth-order valence-corrected chi connectivity index (χ4v) is 4.92. The van der Waals surface area contributed by atoms with E-state index in [1.165, 1.54) is 10.4 Å². The molecule has 0 atom stereocenters. The minimum absolute atomic E-state index is 0.174. The van der Waals surface area contributed by atoms with Crippen molar-refractivity contribution in [1.29, 1.82) is 0 Å². The highest BCUT2D eigenvalue weighted by Crippen LogP contribution is 2.21. The lowest BCUT2D eigenvalue weighted by Crippen LogP contribution is -2.32. The first-order chi connectivity index (χ1) is 13.5. The molecule has 0 bridgehead atoms. The molecule has 1 saturated heterocycles. The van der Waals surface area contributed by atoms with Crippen LogP contribution in [0.15, 0.2) is 35.5 Å². The third-order valence-corrected chi connectivity index (χ3v) is 6.86. The second kappa shape index (κ2) is 9.29. The Balaban J connectivity index is 1.65. The van der Waals surface area contributed by atoms with E-state index in [1.807, 2.05) is 11.5 Å². The molecule has 1 aliphatic heterocycles. The fraction of sp³-hybridized carbons (Fsp3) is 0.526. The van der Waals surface area contributed by atoms with Crippen molar-refractivity contribution in [2.24, 2.45) is 0 Å². The van der Waals surface area contributed by atoms with Crippen molar-refractivity contribution >= 4 is 15.9 Å². The minimum atomic E-state index is -3.57. The zero-order valence-electron chi connectivity index (χ0n) is 16.2. The number of sulfonamides is 1. The average molecular weight is 406 g/mol. The third-order valence-electron chi connectivity index (χ3n) is 4.97. The molecule has 0 saturated carbocycles. The number of amides is 1. The van der Waals surface area contributed by atoms with Gasteiger partial charge in [-0.05, 0) is 38.0 Å². The Morgan fingerprint density at radius 3 is 2.64 bits per heavy atom. The third kappa shape index (κ3) is 4.77. The number of hydrogen-bond donors (Lipinski definition) is 1. The lowest BCUT2D eigenvalue weighted by molar-refractivity contribution is 0.0953. The summed E-state index contributed by atoms with van der Waals surface area (Å²) in [5.74, 6) is 0.510. The van der Waals surface area contributed by atoms with Crippen LogP contribution in [0.5, 0.6) is 0 Å². The van der Waals surface area contributed by atoms with E-state index in [9.17, 15) is 13.2 Å². The van der Waals surface area contributed by atoms with E-state index in [4.69, 9.17) is 0 Å². The fourth-order valence-electron chi connectivity index (χ4n) is 3.36. The largest absolute Gasteiger partial charge is 0.352 e. The van der Waals surface area contributed by atoms with Crippen LogP contribution >= 0.6 is 0 Å². The van der Waals surface area contributed by atoms with Crippen LogP contribution in [0.4, 0.5) is 0 Å². The number of aryl methyl sites for hydroxylation is 1. The molecule has 9 heteroatoms. The molecule has 8 nitrogen and oxygen atoms in total. The molecule has 1 amide bonds. The number of nitrogens with zero attached hydrogens (tertiary/aromatic N) is 4. The second-order valence-corrected chi connectivity index (χ2v) is 8.82. The maximum absolute atomic E-state index is 12.9. The number of nitrogens with one attached hydrogen (secondary N) is 1. The monoisotopic (exact) mass is 405 g/mol. The van der Waals surface area contributed by atoms with Gasteiger partial charge in [-0.15, -0.1) is 10.2 Å². The first-order valence-electron chi connectivity index (χ1n) is 9.77. The van der Waals surface area contributed by atoms with Crippen molar-refractivity contribution in [3.63, 3.8) is 0 Å². The summed E-state index contributed by atoms with van der Waals surface area (Å²) < 4.78 is 29.3. The van der Waals surface area contributed by atoms with Crippen LogP contribution < -0.4 is 5.32 Å². The van der Waals surface area contributed by atoms with Gasteiger partial charge in [-0.25, -0.2) is 8.42 Å². The number of rotatable bonds is 7. The van der Waals surface area contributed by atoms with Gasteiger partial charge in [-0.2, -0.15) is 4.31 Å². The summed E-state index contributed by atoms with van der Waals surface area (Å²) in [7, 11) is -3.57. The van der Waals surface area contributed by atoms with Crippen LogP contribution in [0, 0.1) is 0 Å². The number of carbonyl (C=O) groups is 1. The van der Waals surface area contributed by atoms with E-state index in [2.05, 4.69) is 15.5 Å². The molecule has 2 aromatic rings. The molecule has 0 unspecified atom stereocenters. The zero-order chi connectivity index (χ0) is 20.0. The molecule has 0 radical (unpaired) electrons. The van der Waals surface area contributed by atoms with Crippen molar-refractivity contribution in [1.82, 2.24) is 24.4 Å². The van der Waals surface area contributed by atoms with Crippen LogP contribution in [0.1, 0.15) is 48.8 Å². The maximum Gasteiger partial charge on any atom is 0.251 e. The molecular formula is C19H27N5O3S. The molecule has 28 heavy (non-hydrogen) atoms. The Kier molecular flexibility index (Phi) is 6.79. The molecule has 1 aromatic heterocycles. The molecule has 152 valence electrons. The van der Waals surface area contributed by atoms with E-state index in [0.29, 0.717) is 31.6 Å². The molecule has 1 aliphatic rings. The molecule has 3 rings (SSSR count). The van der Waals surface area contributed by atoms with Gasteiger partial charge in [0, 0.05) is 38.2 Å². The molecular weight excluding hydrogens is 378 g/mol. The van der Waals surface area contributed by atoms with Gasteiger partial charge in [0.2, 0.25) is 10.0 Å². The van der Waals surface area contributed by atoms with Crippen LogP contribution in [-0.4, -0.2) is 53.0 Å². The van der Waals surface area contributed by atoms with Crippen LogP contribution in [0.25, 0.3) is 0 Å². The number of aromatic nitrogens is 3. The first kappa shape index (κ1) is 20.5. The number of hydrogen-bond acceptors (Lipinski definition) is 5. The summed E-state index contributed by atoms with van der Waals surface area (Å²) >= 11 is 0. The normalized spacial score (nSPS) is 15.9. The Morgan fingerprint density at radius 2 is 1.93 bits per heavy atom. The molecule has 1 aromatic carbocycles. The lowest BCUT2D eigenvalue weighted by Gasteiger charge is -2.20. The summed E-state index contributed by atoms with van der Waals surface area (Å²) in [5.41, 5.74) is 0.341. The minimum Gasteiger partial charge on any atom is -0.352 e. The van der Waals surface area contributed by atoms with E-state index in [1.54, 1.807) is 24.5 Å². The lowest BCUT2D eigenvalue weighted by atomic mass is 10.2. The molecule has 1 N–H and O–H groups in total. The first-order valence-corrected chi connectivity index (χ1v) is 11.2. The standard InChI is InChI=1S/C19H27N5O3S/c1-2-23-15-21-22-18(23)10-11-20-19(25)16-8-7-9-17(14-16)28(26,27)24-12-5-3-4-6-13-24/h7-9,14-15H,2-6,10-13H2,1H3,(H,20,25). The summed E-state index contributed by atoms with van der Waals surface area (Å²) in [6.45, 7) is 4.25. The van der Waals surface area contributed by atoms with Gasteiger partial charge in [0.1, 0.15) is 12.2 Å². The summed E-state index contributed by atoms with van der Waals surface area (Å²) in [6.07, 6.45) is 6.09. The van der Waals surface area contributed by atoms with Crippen molar-refractivity contribution in [2.75, 3.05) is 19.6 Å². The van der Waals surface area contributed by atoms with Gasteiger partial charge in [0.25, 0.3) is 5.91 Å². The average Bonchev–Trinajstić information content (AvgIpc) is 2.97. The van der Waals surface area contributed by atoms with Crippen molar-refractivity contribution in [3.8, 4) is 0 Å². The Hall–Kier alpha value is -2.26. The quantitative estimate of drug-likeness (QED) is 0.758. The van der Waals surface area contributed by atoms with Gasteiger partial charge >= 0.3 is 0 Å². The summed E-state index contributed by atoms with van der Waals surface area (Å²) in [4.78, 5) is 12.6. The molecule has 1 fully saturated rings. The Bertz CT molecular complexity index is 902. The van der Waals surface area contributed by atoms with Gasteiger partial charge in [-0.3, -0.25) is 4.79 Å². The highest BCUT2D eigenvalue weighted by molar-refractivity contribution is 7.89. The van der Waals surface area contributed by atoms with E-state index < -0.39 is 10.0 Å². The Morgan fingerprint density at radius 1 is 1.18 bits per heavy atom. The van der Waals surface area contributed by atoms with Crippen molar-refractivity contribution in [3.05, 3.63) is 42.0 Å². The predicted octanol–water partition coefficient (Wildman–Crippen LogP) is 1.84. The SMILES string of the molecule is CCn1cnnc1CCNC(=O)c1cccc(S(=O)(=O)N2CCCCCC2)c1. The maximum atomic E-state index is 12.9. The van der Waals surface area contributed by atoms with Gasteiger partial charge in [0.05, 0.1) is 4.90 Å². The highest BCUT2D eigenvalue weighted by Gasteiger charge is 2.25. The molecule has 0 aliphatic carbocycles. The summed E-state index contributed by atoms with van der Waals surface area (Å²) in [5, 5.41) is 10.7. The van der Waals surface area contributed by atoms with Gasteiger partial charge < -0.3 is 9.88 Å². The molecule has 0 spiro atoms. The summed E-state index contributed by atoms with van der Waals surface area (Å²) in [6, 6.07) is 6.27. The van der Waals surface area contributed by atoms with Crippen molar-refractivity contribution < 1.29 is 13.2 Å². The highest BCUT2D eigenvalue weighted by atomic mass is 32.2. The zero-order valence-corrected chi connectivity index (χ0v) is 17.0. The Labute approximate surface area is 166 Å². The van der Waals surface area contributed by atoms with Gasteiger partial charge in [0.15, 0.2) is 0 Å². The van der Waals surface area contributed by atoms with Crippen LogP contribution in [-0.2, 0) is 23.0 Å². The van der Waals surface area contributed by atoms with Crippen molar-refractivity contribution in [2.45, 2.75) is 50.5 Å². The smallest absolute Gasteiger partial charge is 0.251 e. The van der Waals surface area contributed by atoms with E-state index in [-0.39, 0.29) is 10.8 Å². The number of carbonyl (C=O) groups excluding carboxylic acids is 1. The van der Waals surface area contributed by atoms with Gasteiger partial charge in [-0.1, -0.05) is 18.9 Å². The van der Waals surface area contributed by atoms with Crippen LogP contribution in [0.2, 0.25) is 0 Å². The van der Waals surface area contributed by atoms with Crippen LogP contribution in [0.3, 0.4) is 0 Å². The number of benzene rings is 1. The molecule has 2 heterocycles.